The molecule has 0 atom stereocenters. The number of halogens is 1. The Hall–Kier alpha value is -0.580. The molecule has 94 valence electrons. The Bertz CT molecular complexity index is 382. The van der Waals surface area contributed by atoms with Crippen molar-refractivity contribution in [3.8, 4) is 5.75 Å². The van der Waals surface area contributed by atoms with Crippen molar-refractivity contribution in [1.29, 1.82) is 0 Å². The fraction of sp³-hybridized carbons (Fsp3) is 0.538. The minimum absolute atomic E-state index is 0.744. The Morgan fingerprint density at radius 1 is 1.41 bits per heavy atom. The molecule has 0 fully saturated rings. The van der Waals surface area contributed by atoms with Crippen molar-refractivity contribution in [2.75, 3.05) is 33.4 Å². The minimum Gasteiger partial charge on any atom is -0.493 e. The second-order valence-corrected chi connectivity index (χ2v) is 5.03. The van der Waals surface area contributed by atoms with E-state index < -0.39 is 0 Å². The quantitative estimate of drug-likeness (QED) is 0.817. The summed E-state index contributed by atoms with van der Waals surface area (Å²) in [6, 6.07) is 4.28. The van der Waals surface area contributed by atoms with E-state index in [0.717, 1.165) is 49.4 Å². The molecule has 4 heteroatoms. The molecule has 0 radical (unpaired) electrons. The number of nitrogens with one attached hydrogen (secondary N) is 1. The molecule has 0 unspecified atom stereocenters. The average Bonchev–Trinajstić information content (AvgIpc) is 2.76. The summed E-state index contributed by atoms with van der Waals surface area (Å²) in [7, 11) is 1.93. The largest absolute Gasteiger partial charge is 0.493 e. The van der Waals surface area contributed by atoms with Crippen LogP contribution in [0, 0.1) is 0 Å². The van der Waals surface area contributed by atoms with Gasteiger partial charge in [0.05, 0.1) is 19.8 Å². The van der Waals surface area contributed by atoms with Crippen LogP contribution in [0.3, 0.4) is 0 Å². The second-order valence-electron chi connectivity index (χ2n) is 4.12. The lowest BCUT2D eigenvalue weighted by Gasteiger charge is -2.09. The third-order valence-corrected chi connectivity index (χ3v) is 3.30. The number of rotatable bonds is 6. The molecule has 1 aromatic carbocycles. The van der Waals surface area contributed by atoms with Crippen molar-refractivity contribution in [3.05, 3.63) is 27.7 Å². The van der Waals surface area contributed by atoms with E-state index in [1.165, 1.54) is 11.1 Å². The summed E-state index contributed by atoms with van der Waals surface area (Å²) in [6.07, 6.45) is 1.92. The van der Waals surface area contributed by atoms with Gasteiger partial charge in [-0.15, -0.1) is 0 Å². The molecule has 0 saturated carbocycles. The Morgan fingerprint density at radius 3 is 3.12 bits per heavy atom. The van der Waals surface area contributed by atoms with Crippen molar-refractivity contribution in [3.63, 3.8) is 0 Å². The van der Waals surface area contributed by atoms with E-state index >= 15 is 0 Å². The van der Waals surface area contributed by atoms with E-state index in [4.69, 9.17) is 9.47 Å². The van der Waals surface area contributed by atoms with E-state index in [0.29, 0.717) is 0 Å². The predicted octanol–water partition coefficient (Wildman–Crippen LogP) is 2.16. The van der Waals surface area contributed by atoms with Crippen molar-refractivity contribution >= 4 is 15.9 Å². The highest BCUT2D eigenvalue weighted by atomic mass is 79.9. The van der Waals surface area contributed by atoms with Crippen molar-refractivity contribution in [1.82, 2.24) is 5.32 Å². The van der Waals surface area contributed by atoms with Crippen molar-refractivity contribution in [2.24, 2.45) is 0 Å². The number of hydrogen-bond donors (Lipinski definition) is 1. The zero-order valence-corrected chi connectivity index (χ0v) is 11.7. The summed E-state index contributed by atoms with van der Waals surface area (Å²) in [6.45, 7) is 3.20. The maximum atomic E-state index is 5.67. The normalized spacial score (nSPS) is 13.5. The summed E-state index contributed by atoms with van der Waals surface area (Å²) in [5, 5.41) is 3.06. The topological polar surface area (TPSA) is 30.5 Å². The Morgan fingerprint density at radius 2 is 2.29 bits per heavy atom. The molecule has 1 aromatic rings. The van der Waals surface area contributed by atoms with Gasteiger partial charge < -0.3 is 14.8 Å². The Labute approximate surface area is 111 Å². The highest BCUT2D eigenvalue weighted by molar-refractivity contribution is 9.10. The molecule has 17 heavy (non-hydrogen) atoms. The number of ether oxygens (including phenoxy) is 2. The lowest BCUT2D eigenvalue weighted by atomic mass is 10.1. The minimum atomic E-state index is 0.744. The van der Waals surface area contributed by atoms with Crippen molar-refractivity contribution < 1.29 is 9.47 Å². The first-order valence-corrected chi connectivity index (χ1v) is 6.77. The maximum Gasteiger partial charge on any atom is 0.125 e. The van der Waals surface area contributed by atoms with Gasteiger partial charge in [-0.1, -0.05) is 15.9 Å². The van der Waals surface area contributed by atoms with Gasteiger partial charge in [-0.2, -0.15) is 0 Å². The number of fused-ring (bicyclic) bond motifs is 1. The standard InChI is InChI=1S/C13H18BrNO2/c1-15-4-7-16-5-2-10-8-12(14)9-11-3-6-17-13(10)11/h8-9,15H,2-7H2,1H3. The number of hydrogen-bond acceptors (Lipinski definition) is 3. The molecule has 0 spiro atoms. The fourth-order valence-electron chi connectivity index (χ4n) is 1.99. The van der Waals surface area contributed by atoms with Crippen LogP contribution in [-0.2, 0) is 17.6 Å². The van der Waals surface area contributed by atoms with Crippen LogP contribution in [0.5, 0.6) is 5.75 Å². The molecule has 0 amide bonds. The average molecular weight is 300 g/mol. The van der Waals surface area contributed by atoms with Gasteiger partial charge in [0.25, 0.3) is 0 Å². The van der Waals surface area contributed by atoms with Crippen LogP contribution >= 0.6 is 15.9 Å². The van der Waals surface area contributed by atoms with Gasteiger partial charge in [0, 0.05) is 17.4 Å². The van der Waals surface area contributed by atoms with Crippen LogP contribution in [0.4, 0.5) is 0 Å². The van der Waals surface area contributed by atoms with Gasteiger partial charge in [0.1, 0.15) is 5.75 Å². The van der Waals surface area contributed by atoms with Gasteiger partial charge in [0.2, 0.25) is 0 Å². The van der Waals surface area contributed by atoms with Gasteiger partial charge in [0.15, 0.2) is 0 Å². The van der Waals surface area contributed by atoms with E-state index in [9.17, 15) is 0 Å². The van der Waals surface area contributed by atoms with Crippen LogP contribution in [-0.4, -0.2) is 33.4 Å². The molecule has 0 aliphatic carbocycles. The molecule has 1 heterocycles. The van der Waals surface area contributed by atoms with Crippen LogP contribution in [0.25, 0.3) is 0 Å². The van der Waals surface area contributed by atoms with E-state index in [1.54, 1.807) is 0 Å². The first kappa shape index (κ1) is 12.9. The molecular weight excluding hydrogens is 282 g/mol. The molecule has 0 bridgehead atoms. The maximum absolute atomic E-state index is 5.67. The van der Waals surface area contributed by atoms with E-state index in [-0.39, 0.29) is 0 Å². The highest BCUT2D eigenvalue weighted by Gasteiger charge is 2.16. The van der Waals surface area contributed by atoms with E-state index in [2.05, 4.69) is 33.4 Å². The predicted molar refractivity (Wildman–Crippen MR) is 71.8 cm³/mol. The monoisotopic (exact) mass is 299 g/mol. The van der Waals surface area contributed by atoms with Crippen LogP contribution in [0.15, 0.2) is 16.6 Å². The summed E-state index contributed by atoms with van der Waals surface area (Å²) < 4.78 is 12.3. The lowest BCUT2D eigenvalue weighted by molar-refractivity contribution is 0.140. The smallest absolute Gasteiger partial charge is 0.125 e. The number of likely N-dealkylation sites (N-methyl/N-ethyl adjacent to an activating group) is 1. The lowest BCUT2D eigenvalue weighted by Crippen LogP contribution is -2.15. The molecule has 0 aromatic heterocycles. The molecule has 2 rings (SSSR count). The van der Waals surface area contributed by atoms with Crippen LogP contribution in [0.1, 0.15) is 11.1 Å². The zero-order chi connectivity index (χ0) is 12.1. The number of benzene rings is 1. The highest BCUT2D eigenvalue weighted by Crippen LogP contribution is 2.33. The zero-order valence-electron chi connectivity index (χ0n) is 10.1. The molecular formula is C13H18BrNO2. The first-order valence-electron chi connectivity index (χ1n) is 5.97. The van der Waals surface area contributed by atoms with Gasteiger partial charge in [-0.25, -0.2) is 0 Å². The third kappa shape index (κ3) is 3.44. The van der Waals surface area contributed by atoms with Crippen LogP contribution in [0.2, 0.25) is 0 Å². The SMILES string of the molecule is CNCCOCCc1cc(Br)cc2c1OCC2. The summed E-state index contributed by atoms with van der Waals surface area (Å²) in [4.78, 5) is 0. The van der Waals surface area contributed by atoms with Gasteiger partial charge in [-0.05, 0) is 36.7 Å². The Balaban J connectivity index is 1.92. The third-order valence-electron chi connectivity index (χ3n) is 2.84. The molecule has 3 nitrogen and oxygen atoms in total. The van der Waals surface area contributed by atoms with Crippen molar-refractivity contribution in [2.45, 2.75) is 12.8 Å². The fourth-order valence-corrected chi connectivity index (χ4v) is 2.54. The van der Waals surface area contributed by atoms with E-state index in [1.807, 2.05) is 7.05 Å². The molecule has 0 saturated heterocycles. The molecule has 1 aliphatic rings. The summed E-state index contributed by atoms with van der Waals surface area (Å²) >= 11 is 3.54. The van der Waals surface area contributed by atoms with Gasteiger partial charge in [-0.3, -0.25) is 0 Å². The summed E-state index contributed by atoms with van der Waals surface area (Å²) in [5.41, 5.74) is 2.56. The first-order chi connectivity index (χ1) is 8.31. The van der Waals surface area contributed by atoms with Gasteiger partial charge >= 0.3 is 0 Å². The summed E-state index contributed by atoms with van der Waals surface area (Å²) in [5.74, 6) is 1.07. The van der Waals surface area contributed by atoms with Crippen LogP contribution < -0.4 is 10.1 Å². The second kappa shape index (κ2) is 6.38. The molecule has 1 aliphatic heterocycles. The Kier molecular flexibility index (Phi) is 4.83. The molecule has 1 N–H and O–H groups in total.